The summed E-state index contributed by atoms with van der Waals surface area (Å²) in [5.41, 5.74) is -1.74. The smallest absolute Gasteiger partial charge is 0.247 e. The van der Waals surface area contributed by atoms with Gasteiger partial charge in [0.25, 0.3) is 0 Å². The summed E-state index contributed by atoms with van der Waals surface area (Å²) in [6.07, 6.45) is 14.3. The zero-order valence-corrected chi connectivity index (χ0v) is 21.6. The molecule has 0 aliphatic rings. The molecule has 0 atom stereocenters. The van der Waals surface area contributed by atoms with Crippen LogP contribution >= 0.6 is 0 Å². The fourth-order valence-corrected chi connectivity index (χ4v) is 4.01. The maximum Gasteiger partial charge on any atom is 0.336 e. The molecule has 0 aromatic carbocycles. The van der Waals surface area contributed by atoms with Gasteiger partial charge in [-0.3, -0.25) is 0 Å². The van der Waals surface area contributed by atoms with Crippen molar-refractivity contribution in [3.63, 3.8) is 0 Å². The molecule has 0 amide bonds. The second-order valence-corrected chi connectivity index (χ2v) is 8.82. The lowest BCUT2D eigenvalue weighted by atomic mass is 10.1. The average Bonchev–Trinajstić information content (AvgIpc) is 2.89. The third kappa shape index (κ3) is 12.9. The molecule has 1 rings (SSSR count). The van der Waals surface area contributed by atoms with Crippen molar-refractivity contribution in [2.24, 2.45) is 15.0 Å². The van der Waals surface area contributed by atoms with E-state index in [2.05, 4.69) is 15.0 Å². The molecule has 37 heavy (non-hydrogen) atoms. The minimum atomic E-state index is -0.585. The summed E-state index contributed by atoms with van der Waals surface area (Å²) >= 11 is 0. The maximum absolute atomic E-state index is 13.0. The number of aromatic nitrogens is 3. The predicted octanol–water partition coefficient (Wildman–Crippen LogP) is 2.25. The van der Waals surface area contributed by atoms with Gasteiger partial charge in [0.05, 0.1) is 19.6 Å². The monoisotopic (exact) mass is 518 g/mol. The van der Waals surface area contributed by atoms with Gasteiger partial charge in [-0.05, 0) is 38.5 Å². The fraction of sp³-hybridized carbons (Fsp3) is 0.760. The lowest BCUT2D eigenvalue weighted by Gasteiger charge is -2.14. The molecule has 0 saturated carbocycles. The molecule has 0 radical (unpaired) electrons. The lowest BCUT2D eigenvalue weighted by Crippen LogP contribution is -2.54. The lowest BCUT2D eigenvalue weighted by molar-refractivity contribution is 0.412. The maximum atomic E-state index is 13.0. The van der Waals surface area contributed by atoms with Crippen LogP contribution in [0.15, 0.2) is 29.4 Å². The van der Waals surface area contributed by atoms with E-state index < -0.39 is 17.1 Å². The van der Waals surface area contributed by atoms with E-state index in [1.54, 1.807) is 0 Å². The molecule has 0 N–H and O–H groups in total. The number of unbranched alkanes of at least 4 members (excludes halogenated alkanes) is 10. The summed E-state index contributed by atoms with van der Waals surface area (Å²) in [6.45, 7) is 1.94. The first-order chi connectivity index (χ1) is 18.1. The Balaban J connectivity index is 2.86. The predicted molar refractivity (Wildman–Crippen MR) is 138 cm³/mol. The summed E-state index contributed by atoms with van der Waals surface area (Å²) in [6, 6.07) is 0. The molecule has 204 valence electrons. The van der Waals surface area contributed by atoms with Gasteiger partial charge < -0.3 is 0 Å². The van der Waals surface area contributed by atoms with E-state index in [9.17, 15) is 28.8 Å². The minimum absolute atomic E-state index is 0.218. The van der Waals surface area contributed by atoms with Crippen LogP contribution in [-0.4, -0.2) is 51.6 Å². The quantitative estimate of drug-likeness (QED) is 0.130. The van der Waals surface area contributed by atoms with Crippen LogP contribution in [0.2, 0.25) is 0 Å². The minimum Gasteiger partial charge on any atom is -0.247 e. The Bertz CT molecular complexity index is 1050. The Kier molecular flexibility index (Phi) is 17.7. The van der Waals surface area contributed by atoms with E-state index in [0.717, 1.165) is 77.9 Å². The Morgan fingerprint density at radius 2 is 0.649 bits per heavy atom. The standard InChI is InChI=1S/C25H38N6O6/c32-20-26-14-8-2-1-5-11-17-29-23(35)30(18-12-6-3-9-15-27-21-33)25(37)31(24(29)36)19-13-7-4-10-16-28-22-34/h1-19H2. The molecule has 12 nitrogen and oxygen atoms in total. The molecule has 0 unspecified atom stereocenters. The molecule has 0 spiro atoms. The van der Waals surface area contributed by atoms with Crippen molar-refractivity contribution < 1.29 is 14.4 Å². The van der Waals surface area contributed by atoms with Crippen LogP contribution in [-0.2, 0) is 34.0 Å². The molecular formula is C25H38N6O6. The SMILES string of the molecule is O=C=NCCCCCCCn1c(=O)n(CCCCCCN=C=O)c(=O)n(CCCCCCN=C=O)c1=O. The largest absolute Gasteiger partial charge is 0.336 e. The van der Waals surface area contributed by atoms with Gasteiger partial charge in [0.2, 0.25) is 18.2 Å². The Hall–Kier alpha value is -3.45. The third-order valence-electron chi connectivity index (χ3n) is 6.03. The highest BCUT2D eigenvalue weighted by atomic mass is 16.2. The number of rotatable bonds is 22. The van der Waals surface area contributed by atoms with E-state index in [1.807, 2.05) is 0 Å². The summed E-state index contributed by atoms with van der Waals surface area (Å²) in [4.78, 5) is 80.0. The van der Waals surface area contributed by atoms with Crippen LogP contribution in [0.1, 0.15) is 83.5 Å². The van der Waals surface area contributed by atoms with Gasteiger partial charge in [-0.1, -0.05) is 44.9 Å². The fourth-order valence-electron chi connectivity index (χ4n) is 4.01. The topological polar surface area (TPSA) is 154 Å². The van der Waals surface area contributed by atoms with Gasteiger partial charge in [0.15, 0.2) is 0 Å². The molecule has 1 aromatic heterocycles. The zero-order valence-electron chi connectivity index (χ0n) is 21.6. The molecule has 1 aromatic rings. The number of aliphatic imine (C=N–C) groups is 3. The number of hydrogen-bond donors (Lipinski definition) is 0. The second kappa shape index (κ2) is 20.7. The summed E-state index contributed by atoms with van der Waals surface area (Å²) in [5.74, 6) is 0. The number of hydrogen-bond acceptors (Lipinski definition) is 9. The second-order valence-electron chi connectivity index (χ2n) is 8.82. The summed E-state index contributed by atoms with van der Waals surface area (Å²) < 4.78 is 3.47. The molecule has 0 bridgehead atoms. The molecule has 0 fully saturated rings. The summed E-state index contributed by atoms with van der Waals surface area (Å²) in [5, 5.41) is 0. The van der Waals surface area contributed by atoms with Crippen LogP contribution in [0.25, 0.3) is 0 Å². The van der Waals surface area contributed by atoms with E-state index >= 15 is 0 Å². The third-order valence-corrected chi connectivity index (χ3v) is 6.03. The van der Waals surface area contributed by atoms with Crippen molar-refractivity contribution in [2.75, 3.05) is 19.6 Å². The highest BCUT2D eigenvalue weighted by Gasteiger charge is 2.15. The normalized spacial score (nSPS) is 10.4. The van der Waals surface area contributed by atoms with Crippen LogP contribution < -0.4 is 17.1 Å². The van der Waals surface area contributed by atoms with Gasteiger partial charge in [-0.25, -0.2) is 57.4 Å². The van der Waals surface area contributed by atoms with Crippen molar-refractivity contribution >= 4 is 18.2 Å². The first kappa shape index (κ1) is 31.6. The first-order valence-corrected chi connectivity index (χ1v) is 13.1. The number of carbonyl (C=O) groups excluding carboxylic acids is 3. The molecule has 0 aliphatic carbocycles. The van der Waals surface area contributed by atoms with E-state index in [-0.39, 0.29) is 19.6 Å². The molecular weight excluding hydrogens is 480 g/mol. The van der Waals surface area contributed by atoms with Crippen molar-refractivity contribution in [3.8, 4) is 0 Å². The van der Waals surface area contributed by atoms with Crippen LogP contribution in [0, 0.1) is 0 Å². The van der Waals surface area contributed by atoms with E-state index in [0.29, 0.717) is 38.9 Å². The average molecular weight is 519 g/mol. The Labute approximate surface area is 215 Å². The van der Waals surface area contributed by atoms with Gasteiger partial charge in [0, 0.05) is 19.6 Å². The Morgan fingerprint density at radius 3 is 0.919 bits per heavy atom. The molecule has 0 saturated heterocycles. The number of isocyanates is 3. The van der Waals surface area contributed by atoms with Crippen molar-refractivity contribution in [2.45, 2.75) is 103 Å². The molecule has 12 heteroatoms. The van der Waals surface area contributed by atoms with Gasteiger partial charge >= 0.3 is 17.1 Å². The zero-order chi connectivity index (χ0) is 27.1. The number of nitrogens with zero attached hydrogens (tertiary/aromatic N) is 6. The highest BCUT2D eigenvalue weighted by Crippen LogP contribution is 2.05. The molecule has 1 heterocycles. The van der Waals surface area contributed by atoms with Gasteiger partial charge in [0.1, 0.15) is 0 Å². The van der Waals surface area contributed by atoms with Gasteiger partial charge in [-0.2, -0.15) is 0 Å². The van der Waals surface area contributed by atoms with Crippen LogP contribution in [0.3, 0.4) is 0 Å². The Morgan fingerprint density at radius 1 is 0.405 bits per heavy atom. The van der Waals surface area contributed by atoms with E-state index in [4.69, 9.17) is 0 Å². The van der Waals surface area contributed by atoms with Crippen LogP contribution in [0.4, 0.5) is 0 Å². The summed E-state index contributed by atoms with van der Waals surface area (Å²) in [7, 11) is 0. The molecule has 0 aliphatic heterocycles. The van der Waals surface area contributed by atoms with Crippen LogP contribution in [0.5, 0.6) is 0 Å². The van der Waals surface area contributed by atoms with E-state index in [1.165, 1.54) is 18.2 Å². The van der Waals surface area contributed by atoms with Gasteiger partial charge in [-0.15, -0.1) is 0 Å². The van der Waals surface area contributed by atoms with Crippen molar-refractivity contribution in [1.82, 2.24) is 13.7 Å². The van der Waals surface area contributed by atoms with Crippen molar-refractivity contribution in [3.05, 3.63) is 31.5 Å². The first-order valence-electron chi connectivity index (χ1n) is 13.1. The highest BCUT2D eigenvalue weighted by molar-refractivity contribution is 5.33. The van der Waals surface area contributed by atoms with Crippen molar-refractivity contribution in [1.29, 1.82) is 0 Å².